The molecule has 0 saturated carbocycles. The third-order valence-corrected chi connectivity index (χ3v) is 7.15. The summed E-state index contributed by atoms with van der Waals surface area (Å²) < 4.78 is 6.06. The number of hydrogen-bond acceptors (Lipinski definition) is 5. The second-order valence-electron chi connectivity index (χ2n) is 9.14. The third-order valence-electron chi connectivity index (χ3n) is 6.89. The second kappa shape index (κ2) is 12.5. The Kier molecular flexibility index (Phi) is 9.77. The Morgan fingerprint density at radius 1 is 1.06 bits per heavy atom. The van der Waals surface area contributed by atoms with Crippen LogP contribution in [-0.4, -0.2) is 85.2 Å². The molecule has 2 aromatic carbocycles. The van der Waals surface area contributed by atoms with Crippen LogP contribution in [0.2, 0.25) is 5.02 Å². The number of amides is 1. The van der Waals surface area contributed by atoms with E-state index in [0.717, 1.165) is 44.9 Å². The van der Waals surface area contributed by atoms with E-state index in [1.165, 1.54) is 16.7 Å². The summed E-state index contributed by atoms with van der Waals surface area (Å²) in [6.07, 6.45) is 0.923. The van der Waals surface area contributed by atoms with Gasteiger partial charge in [0.25, 0.3) is 5.91 Å². The summed E-state index contributed by atoms with van der Waals surface area (Å²) in [5, 5.41) is 9.64. The first-order chi connectivity index (χ1) is 16.3. The fraction of sp³-hybridized carbons (Fsp3) is 0.519. The molecule has 6 nitrogen and oxygen atoms in total. The first kappa shape index (κ1) is 26.5. The molecule has 7 heteroatoms. The Bertz CT molecular complexity index is 943. The number of piperazine rings is 1. The molecule has 0 aromatic heterocycles. The van der Waals surface area contributed by atoms with Crippen molar-refractivity contribution in [2.45, 2.75) is 33.2 Å². The van der Waals surface area contributed by atoms with Crippen molar-refractivity contribution in [3.63, 3.8) is 0 Å². The number of aliphatic hydroxyl groups excluding tert-OH is 1. The molecule has 0 unspecified atom stereocenters. The first-order valence-electron chi connectivity index (χ1n) is 12.1. The molecule has 2 aromatic rings. The van der Waals surface area contributed by atoms with E-state index in [2.05, 4.69) is 42.7 Å². The maximum atomic E-state index is 12.8. The van der Waals surface area contributed by atoms with Crippen LogP contribution in [0.5, 0.6) is 5.75 Å². The smallest absolute Gasteiger partial charge is 0.253 e. The number of aliphatic hydroxyl groups is 1. The summed E-state index contributed by atoms with van der Waals surface area (Å²) in [6.45, 7) is 12.1. The van der Waals surface area contributed by atoms with E-state index < -0.39 is 0 Å². The van der Waals surface area contributed by atoms with Crippen molar-refractivity contribution in [3.8, 4) is 5.75 Å². The highest BCUT2D eigenvalue weighted by Crippen LogP contribution is 2.31. The number of hydrogen-bond donors (Lipinski definition) is 1. The van der Waals surface area contributed by atoms with E-state index in [4.69, 9.17) is 21.4 Å². The molecule has 0 bridgehead atoms. The minimum atomic E-state index is 0.0695. The number of rotatable bonds is 10. The van der Waals surface area contributed by atoms with E-state index in [-0.39, 0.29) is 18.6 Å². The number of nitrogens with zero attached hydrogens (tertiary/aromatic N) is 3. The Morgan fingerprint density at radius 2 is 1.74 bits per heavy atom. The average molecular weight is 488 g/mol. The van der Waals surface area contributed by atoms with E-state index in [9.17, 15) is 4.79 Å². The number of benzene rings is 2. The Morgan fingerprint density at radius 3 is 2.38 bits per heavy atom. The normalized spacial score (nSPS) is 15.6. The molecule has 1 aliphatic rings. The lowest BCUT2D eigenvalue weighted by atomic mass is 9.96. The van der Waals surface area contributed by atoms with Crippen LogP contribution in [0.25, 0.3) is 0 Å². The fourth-order valence-corrected chi connectivity index (χ4v) is 4.63. The van der Waals surface area contributed by atoms with Gasteiger partial charge in [0.1, 0.15) is 5.75 Å². The molecule has 0 aliphatic carbocycles. The number of carbonyl (C=O) groups excluding carboxylic acids is 1. The first-order valence-corrected chi connectivity index (χ1v) is 12.5. The van der Waals surface area contributed by atoms with Crippen molar-refractivity contribution in [1.29, 1.82) is 0 Å². The molecule has 34 heavy (non-hydrogen) atoms. The van der Waals surface area contributed by atoms with E-state index in [0.29, 0.717) is 23.7 Å². The summed E-state index contributed by atoms with van der Waals surface area (Å²) in [6, 6.07) is 11.7. The van der Waals surface area contributed by atoms with Gasteiger partial charge in [-0.1, -0.05) is 17.7 Å². The van der Waals surface area contributed by atoms with Crippen LogP contribution in [0.4, 0.5) is 0 Å². The molecule has 1 saturated heterocycles. The number of carbonyl (C=O) groups is 1. The highest BCUT2D eigenvalue weighted by Gasteiger charge is 2.26. The zero-order valence-corrected chi connectivity index (χ0v) is 21.6. The SMILES string of the molecule is Cc1c(OCCCN(C)CCO)ccc([C@H](C)N2CCN(C(=O)c3ccc(Cl)cc3)CC2)c1C. The number of ether oxygens (including phenoxy) is 1. The van der Waals surface area contributed by atoms with Gasteiger partial charge in [0.05, 0.1) is 13.2 Å². The standard InChI is InChI=1S/C27H38ClN3O3/c1-20-21(2)26(34-19-5-12-29(4)17-18-32)11-10-25(20)22(3)30-13-15-31(16-14-30)27(33)23-6-8-24(28)9-7-23/h6-11,22,32H,5,12-19H2,1-4H3/t22-/m0/s1. The van der Waals surface area contributed by atoms with Crippen molar-refractivity contribution >= 4 is 17.5 Å². The Balaban J connectivity index is 1.54. The lowest BCUT2D eigenvalue weighted by molar-refractivity contribution is 0.0581. The molecule has 0 radical (unpaired) electrons. The van der Waals surface area contributed by atoms with Crippen LogP contribution >= 0.6 is 11.6 Å². The molecule has 1 fully saturated rings. The van der Waals surface area contributed by atoms with Gasteiger partial charge in [0.2, 0.25) is 0 Å². The minimum Gasteiger partial charge on any atom is -0.493 e. The molecule has 0 spiro atoms. The largest absolute Gasteiger partial charge is 0.493 e. The van der Waals surface area contributed by atoms with Crippen LogP contribution in [0.1, 0.15) is 46.4 Å². The summed E-state index contributed by atoms with van der Waals surface area (Å²) in [4.78, 5) is 19.3. The fourth-order valence-electron chi connectivity index (χ4n) is 4.51. The highest BCUT2D eigenvalue weighted by molar-refractivity contribution is 6.30. The monoisotopic (exact) mass is 487 g/mol. The lowest BCUT2D eigenvalue weighted by Gasteiger charge is -2.39. The van der Waals surface area contributed by atoms with Crippen molar-refractivity contribution in [2.24, 2.45) is 0 Å². The van der Waals surface area contributed by atoms with Crippen molar-refractivity contribution in [1.82, 2.24) is 14.7 Å². The molecule has 1 heterocycles. The van der Waals surface area contributed by atoms with Crippen molar-refractivity contribution < 1.29 is 14.6 Å². The van der Waals surface area contributed by atoms with Crippen LogP contribution in [-0.2, 0) is 0 Å². The van der Waals surface area contributed by atoms with Crippen molar-refractivity contribution in [2.75, 3.05) is 59.5 Å². The molecule has 3 rings (SSSR count). The van der Waals surface area contributed by atoms with Gasteiger partial charge in [-0.05, 0) is 81.3 Å². The average Bonchev–Trinajstić information content (AvgIpc) is 2.84. The summed E-state index contributed by atoms with van der Waals surface area (Å²) in [5.41, 5.74) is 4.45. The zero-order chi connectivity index (χ0) is 24.7. The summed E-state index contributed by atoms with van der Waals surface area (Å²) in [7, 11) is 2.01. The molecule has 1 amide bonds. The predicted octanol–water partition coefficient (Wildman–Crippen LogP) is 4.17. The molecule has 186 valence electrons. The van der Waals surface area contributed by atoms with Gasteiger partial charge in [-0.25, -0.2) is 0 Å². The highest BCUT2D eigenvalue weighted by atomic mass is 35.5. The lowest BCUT2D eigenvalue weighted by Crippen LogP contribution is -2.49. The van der Waals surface area contributed by atoms with Gasteiger partial charge in [0.15, 0.2) is 0 Å². The van der Waals surface area contributed by atoms with E-state index in [1.54, 1.807) is 24.3 Å². The molecular formula is C27H38ClN3O3. The predicted molar refractivity (Wildman–Crippen MR) is 138 cm³/mol. The molecule has 1 N–H and O–H groups in total. The molecule has 1 aliphatic heterocycles. The van der Waals surface area contributed by atoms with Gasteiger partial charge < -0.3 is 19.6 Å². The summed E-state index contributed by atoms with van der Waals surface area (Å²) in [5.74, 6) is 1.01. The summed E-state index contributed by atoms with van der Waals surface area (Å²) >= 11 is 5.95. The van der Waals surface area contributed by atoms with Crippen LogP contribution in [0.3, 0.4) is 0 Å². The van der Waals surface area contributed by atoms with E-state index in [1.807, 2.05) is 11.9 Å². The second-order valence-corrected chi connectivity index (χ2v) is 9.58. The van der Waals surface area contributed by atoms with Crippen molar-refractivity contribution in [3.05, 3.63) is 63.7 Å². The maximum absolute atomic E-state index is 12.8. The van der Waals surface area contributed by atoms with Crippen LogP contribution in [0.15, 0.2) is 36.4 Å². The number of likely N-dealkylation sites (N-methyl/N-ethyl adjacent to an activating group) is 1. The molecular weight excluding hydrogens is 450 g/mol. The van der Waals surface area contributed by atoms with Gasteiger partial charge in [-0.15, -0.1) is 0 Å². The third kappa shape index (κ3) is 6.72. The Hall–Kier alpha value is -2.12. The zero-order valence-electron chi connectivity index (χ0n) is 20.9. The minimum absolute atomic E-state index is 0.0695. The van der Waals surface area contributed by atoms with Gasteiger partial charge in [0, 0.05) is 55.9 Å². The van der Waals surface area contributed by atoms with E-state index >= 15 is 0 Å². The Labute approximate surface area is 209 Å². The van der Waals surface area contributed by atoms with Gasteiger partial charge in [-0.2, -0.15) is 0 Å². The topological polar surface area (TPSA) is 56.3 Å². The maximum Gasteiger partial charge on any atom is 0.253 e. The molecule has 1 atom stereocenters. The van der Waals surface area contributed by atoms with Crippen LogP contribution in [0, 0.1) is 13.8 Å². The van der Waals surface area contributed by atoms with Crippen LogP contribution < -0.4 is 4.74 Å². The number of halogens is 1. The van der Waals surface area contributed by atoms with Gasteiger partial charge in [-0.3, -0.25) is 9.69 Å². The quantitative estimate of drug-likeness (QED) is 0.510. The van der Waals surface area contributed by atoms with Gasteiger partial charge >= 0.3 is 0 Å².